The van der Waals surface area contributed by atoms with E-state index in [-0.39, 0.29) is 30.0 Å². The Morgan fingerprint density at radius 3 is 2.24 bits per heavy atom. The molecule has 1 atom stereocenters. The van der Waals surface area contributed by atoms with Crippen molar-refractivity contribution >= 4 is 11.9 Å². The molecule has 0 aliphatic carbocycles. The maximum Gasteiger partial charge on any atom is 0.310 e. The van der Waals surface area contributed by atoms with Gasteiger partial charge in [0.15, 0.2) is 0 Å². The summed E-state index contributed by atoms with van der Waals surface area (Å²) in [6, 6.07) is 5.92. The number of methoxy groups -OCH3 is 1. The van der Waals surface area contributed by atoms with Gasteiger partial charge in [0.05, 0.1) is 19.4 Å². The summed E-state index contributed by atoms with van der Waals surface area (Å²) in [4.78, 5) is 28.3. The Balaban J connectivity index is 2.78. The Morgan fingerprint density at radius 2 is 1.72 bits per heavy atom. The summed E-state index contributed by atoms with van der Waals surface area (Å²) < 4.78 is 17.8. The van der Waals surface area contributed by atoms with Gasteiger partial charge in [0, 0.05) is 19.6 Å². The number of halogens is 1. The van der Waals surface area contributed by atoms with Gasteiger partial charge in [0.25, 0.3) is 0 Å². The molecule has 0 saturated heterocycles. The third kappa shape index (κ3) is 7.22. The van der Waals surface area contributed by atoms with Crippen molar-refractivity contribution in [2.24, 2.45) is 5.92 Å². The summed E-state index contributed by atoms with van der Waals surface area (Å²) >= 11 is 0. The van der Waals surface area contributed by atoms with Gasteiger partial charge in [-0.3, -0.25) is 9.59 Å². The number of carbonyl (C=O) groups excluding carboxylic acids is 2. The zero-order valence-electron chi connectivity index (χ0n) is 15.6. The van der Waals surface area contributed by atoms with Crippen molar-refractivity contribution in [2.45, 2.75) is 27.2 Å². The summed E-state index contributed by atoms with van der Waals surface area (Å²) in [6.45, 7) is 9.32. The van der Waals surface area contributed by atoms with Crippen LogP contribution in [0, 0.1) is 11.7 Å². The van der Waals surface area contributed by atoms with E-state index in [4.69, 9.17) is 4.74 Å². The zero-order chi connectivity index (χ0) is 18.8. The van der Waals surface area contributed by atoms with E-state index in [1.807, 2.05) is 0 Å². The van der Waals surface area contributed by atoms with Crippen LogP contribution < -0.4 is 0 Å². The minimum Gasteiger partial charge on any atom is -0.469 e. The van der Waals surface area contributed by atoms with Crippen molar-refractivity contribution in [3.05, 3.63) is 35.6 Å². The Morgan fingerprint density at radius 1 is 1.12 bits per heavy atom. The van der Waals surface area contributed by atoms with E-state index in [1.54, 1.807) is 24.0 Å². The molecule has 0 aliphatic rings. The second kappa shape index (κ2) is 10.8. The molecule has 0 heterocycles. The molecule has 0 aromatic heterocycles. The van der Waals surface area contributed by atoms with Crippen LogP contribution in [0.5, 0.6) is 0 Å². The second-order valence-corrected chi connectivity index (χ2v) is 6.09. The molecule has 0 fully saturated rings. The van der Waals surface area contributed by atoms with Crippen LogP contribution in [0.4, 0.5) is 4.39 Å². The molecule has 1 aromatic rings. The van der Waals surface area contributed by atoms with Crippen LogP contribution in [0.2, 0.25) is 0 Å². The molecule has 0 aliphatic heterocycles. The van der Waals surface area contributed by atoms with E-state index in [1.165, 1.54) is 19.2 Å². The first-order chi connectivity index (χ1) is 11.9. The lowest BCUT2D eigenvalue weighted by atomic mass is 10.1. The van der Waals surface area contributed by atoms with Crippen molar-refractivity contribution in [1.82, 2.24) is 9.80 Å². The van der Waals surface area contributed by atoms with Crippen LogP contribution in [0.1, 0.15) is 26.3 Å². The first-order valence-corrected chi connectivity index (χ1v) is 8.73. The molecule has 5 nitrogen and oxygen atoms in total. The van der Waals surface area contributed by atoms with E-state index in [0.717, 1.165) is 25.2 Å². The van der Waals surface area contributed by atoms with Crippen LogP contribution >= 0.6 is 0 Å². The number of benzene rings is 1. The number of hydrogen-bond donors (Lipinski definition) is 0. The molecule has 1 unspecified atom stereocenters. The highest BCUT2D eigenvalue weighted by molar-refractivity contribution is 5.80. The quantitative estimate of drug-likeness (QED) is 0.607. The SMILES string of the molecule is CCN(CC)CCN(CC(C)C(=O)OC)C(=O)Cc1ccc(F)cc1. The normalized spacial score (nSPS) is 12.1. The highest BCUT2D eigenvalue weighted by Gasteiger charge is 2.22. The van der Waals surface area contributed by atoms with Crippen molar-refractivity contribution in [2.75, 3.05) is 39.8 Å². The molecule has 25 heavy (non-hydrogen) atoms. The molecule has 1 rings (SSSR count). The minimum atomic E-state index is -0.390. The molecule has 1 amide bonds. The standard InChI is InChI=1S/C19H29FN2O3/c1-5-21(6-2)11-12-22(14-15(3)19(24)25-4)18(23)13-16-7-9-17(20)10-8-16/h7-10,15H,5-6,11-14H2,1-4H3. The second-order valence-electron chi connectivity index (χ2n) is 6.09. The fourth-order valence-electron chi connectivity index (χ4n) is 2.61. The van der Waals surface area contributed by atoms with E-state index in [0.29, 0.717) is 13.1 Å². The monoisotopic (exact) mass is 352 g/mol. The highest BCUT2D eigenvalue weighted by atomic mass is 19.1. The molecule has 0 N–H and O–H groups in total. The van der Waals surface area contributed by atoms with E-state index in [2.05, 4.69) is 18.7 Å². The molecule has 1 aromatic carbocycles. The average Bonchev–Trinajstić information content (AvgIpc) is 2.62. The van der Waals surface area contributed by atoms with Crippen LogP contribution in [-0.2, 0) is 20.7 Å². The molecule has 0 bridgehead atoms. The van der Waals surface area contributed by atoms with Crippen molar-refractivity contribution in [3.8, 4) is 0 Å². The Bertz CT molecular complexity index is 544. The van der Waals surface area contributed by atoms with E-state index in [9.17, 15) is 14.0 Å². The lowest BCUT2D eigenvalue weighted by Crippen LogP contribution is -2.42. The Labute approximate surface area is 149 Å². The number of likely N-dealkylation sites (N-methyl/N-ethyl adjacent to an activating group) is 1. The molecule has 140 valence electrons. The van der Waals surface area contributed by atoms with Gasteiger partial charge < -0.3 is 14.5 Å². The molecule has 6 heteroatoms. The number of carbonyl (C=O) groups is 2. The summed E-state index contributed by atoms with van der Waals surface area (Å²) in [5, 5.41) is 0. The number of nitrogens with zero attached hydrogens (tertiary/aromatic N) is 2. The number of rotatable bonds is 10. The number of amides is 1. The van der Waals surface area contributed by atoms with Gasteiger partial charge in [-0.05, 0) is 30.8 Å². The topological polar surface area (TPSA) is 49.9 Å². The molecule has 0 spiro atoms. The van der Waals surface area contributed by atoms with E-state index < -0.39 is 0 Å². The Hall–Kier alpha value is -1.95. The van der Waals surface area contributed by atoms with Crippen LogP contribution in [0.15, 0.2) is 24.3 Å². The van der Waals surface area contributed by atoms with Gasteiger partial charge in [-0.25, -0.2) is 4.39 Å². The van der Waals surface area contributed by atoms with Gasteiger partial charge in [-0.2, -0.15) is 0 Å². The predicted octanol–water partition coefficient (Wildman–Crippen LogP) is 2.35. The molecule has 0 saturated carbocycles. The maximum absolute atomic E-state index is 13.0. The number of hydrogen-bond acceptors (Lipinski definition) is 4. The Kier molecular flexibility index (Phi) is 9.13. The largest absolute Gasteiger partial charge is 0.469 e. The smallest absolute Gasteiger partial charge is 0.310 e. The van der Waals surface area contributed by atoms with Crippen molar-refractivity contribution in [3.63, 3.8) is 0 Å². The van der Waals surface area contributed by atoms with Gasteiger partial charge in [0.2, 0.25) is 5.91 Å². The predicted molar refractivity (Wildman–Crippen MR) is 95.7 cm³/mol. The summed E-state index contributed by atoms with van der Waals surface area (Å²) in [6.07, 6.45) is 0.187. The minimum absolute atomic E-state index is 0.0745. The molecular weight excluding hydrogens is 323 g/mol. The molecule has 0 radical (unpaired) electrons. The van der Waals surface area contributed by atoms with Gasteiger partial charge in [0.1, 0.15) is 5.82 Å². The first-order valence-electron chi connectivity index (χ1n) is 8.73. The average molecular weight is 352 g/mol. The van der Waals surface area contributed by atoms with Crippen LogP contribution in [0.3, 0.4) is 0 Å². The first kappa shape index (κ1) is 21.1. The fraction of sp³-hybridized carbons (Fsp3) is 0.579. The third-order valence-electron chi connectivity index (χ3n) is 4.30. The third-order valence-corrected chi connectivity index (χ3v) is 4.30. The van der Waals surface area contributed by atoms with Crippen molar-refractivity contribution in [1.29, 1.82) is 0 Å². The summed E-state index contributed by atoms with van der Waals surface area (Å²) in [5.41, 5.74) is 0.755. The summed E-state index contributed by atoms with van der Waals surface area (Å²) in [7, 11) is 1.35. The van der Waals surface area contributed by atoms with Gasteiger partial charge in [-0.15, -0.1) is 0 Å². The lowest BCUT2D eigenvalue weighted by Gasteiger charge is -2.28. The zero-order valence-corrected chi connectivity index (χ0v) is 15.6. The number of ether oxygens (including phenoxy) is 1. The van der Waals surface area contributed by atoms with Gasteiger partial charge >= 0.3 is 5.97 Å². The highest BCUT2D eigenvalue weighted by Crippen LogP contribution is 2.09. The van der Waals surface area contributed by atoms with Crippen LogP contribution in [-0.4, -0.2) is 61.5 Å². The van der Waals surface area contributed by atoms with Crippen molar-refractivity contribution < 1.29 is 18.7 Å². The summed E-state index contributed by atoms with van der Waals surface area (Å²) in [5.74, 6) is -1.12. The molecular formula is C19H29FN2O3. The van der Waals surface area contributed by atoms with Crippen LogP contribution in [0.25, 0.3) is 0 Å². The lowest BCUT2D eigenvalue weighted by molar-refractivity contribution is -0.146. The fourth-order valence-corrected chi connectivity index (χ4v) is 2.61. The van der Waals surface area contributed by atoms with E-state index >= 15 is 0 Å². The number of esters is 1. The maximum atomic E-state index is 13.0. The van der Waals surface area contributed by atoms with Gasteiger partial charge in [-0.1, -0.05) is 32.9 Å².